The van der Waals surface area contributed by atoms with E-state index in [0.717, 1.165) is 6.42 Å². The van der Waals surface area contributed by atoms with Gasteiger partial charge < -0.3 is 16.2 Å². The normalized spacial score (nSPS) is 12.1. The summed E-state index contributed by atoms with van der Waals surface area (Å²) in [6.45, 7) is 2.27. The largest absolute Gasteiger partial charge is 0.399 e. The van der Waals surface area contributed by atoms with Gasteiger partial charge in [-0.3, -0.25) is 4.79 Å². The number of hydrogen-bond donors (Lipinski definition) is 3. The molecule has 4 heteroatoms. The van der Waals surface area contributed by atoms with Gasteiger partial charge in [0, 0.05) is 17.8 Å². The molecule has 4 nitrogen and oxygen atoms in total. The highest BCUT2D eigenvalue weighted by Crippen LogP contribution is 2.06. The number of nitrogens with two attached hydrogens (primary N) is 1. The molecule has 0 heterocycles. The van der Waals surface area contributed by atoms with Gasteiger partial charge in [-0.25, -0.2) is 0 Å². The molecule has 1 rings (SSSR count). The monoisotopic (exact) mass is 222 g/mol. The zero-order chi connectivity index (χ0) is 12.0. The van der Waals surface area contributed by atoms with Crippen molar-refractivity contribution in [3.63, 3.8) is 0 Å². The van der Waals surface area contributed by atoms with Crippen LogP contribution in [0.4, 0.5) is 5.69 Å². The van der Waals surface area contributed by atoms with Crippen LogP contribution in [0.2, 0.25) is 0 Å². The highest BCUT2D eigenvalue weighted by atomic mass is 16.3. The topological polar surface area (TPSA) is 75.3 Å². The van der Waals surface area contributed by atoms with Crippen LogP contribution in [-0.4, -0.2) is 23.7 Å². The molecule has 0 aromatic heterocycles. The van der Waals surface area contributed by atoms with Crippen molar-refractivity contribution in [3.05, 3.63) is 29.8 Å². The second-order valence-corrected chi connectivity index (χ2v) is 3.78. The number of benzene rings is 1. The molecule has 0 fully saturated rings. The third kappa shape index (κ3) is 3.90. The number of anilines is 1. The number of aliphatic hydroxyl groups is 1. The highest BCUT2D eigenvalue weighted by molar-refractivity contribution is 5.94. The lowest BCUT2D eigenvalue weighted by Crippen LogP contribution is -2.32. The average molecular weight is 222 g/mol. The van der Waals surface area contributed by atoms with Crippen LogP contribution in [0.1, 0.15) is 30.1 Å². The summed E-state index contributed by atoms with van der Waals surface area (Å²) < 4.78 is 0. The second-order valence-electron chi connectivity index (χ2n) is 3.78. The van der Waals surface area contributed by atoms with E-state index in [0.29, 0.717) is 17.7 Å². The Morgan fingerprint density at radius 1 is 1.56 bits per heavy atom. The Bertz CT molecular complexity index is 353. The lowest BCUT2D eigenvalue weighted by atomic mass is 10.1. The van der Waals surface area contributed by atoms with Gasteiger partial charge in [0.05, 0.1) is 6.10 Å². The predicted octanol–water partition coefficient (Wildman–Crippen LogP) is 1.16. The van der Waals surface area contributed by atoms with Crippen molar-refractivity contribution in [1.29, 1.82) is 0 Å². The Morgan fingerprint density at radius 3 is 2.94 bits per heavy atom. The molecule has 0 aliphatic rings. The van der Waals surface area contributed by atoms with Gasteiger partial charge in [-0.1, -0.05) is 19.4 Å². The van der Waals surface area contributed by atoms with E-state index in [9.17, 15) is 9.90 Å². The first-order valence-electron chi connectivity index (χ1n) is 5.45. The Balaban J connectivity index is 2.47. The summed E-state index contributed by atoms with van der Waals surface area (Å²) in [5, 5.41) is 12.1. The minimum Gasteiger partial charge on any atom is -0.399 e. The van der Waals surface area contributed by atoms with Crippen LogP contribution in [0, 0.1) is 0 Å². The van der Waals surface area contributed by atoms with Crippen molar-refractivity contribution in [3.8, 4) is 0 Å². The number of carbonyl (C=O) groups is 1. The first-order chi connectivity index (χ1) is 7.63. The van der Waals surface area contributed by atoms with Crippen LogP contribution >= 0.6 is 0 Å². The van der Waals surface area contributed by atoms with Gasteiger partial charge in [0.25, 0.3) is 5.91 Å². The predicted molar refractivity (Wildman–Crippen MR) is 64.1 cm³/mol. The molecule has 1 aromatic rings. The van der Waals surface area contributed by atoms with E-state index >= 15 is 0 Å². The van der Waals surface area contributed by atoms with E-state index in [1.807, 2.05) is 6.92 Å². The maximum Gasteiger partial charge on any atom is 0.251 e. The van der Waals surface area contributed by atoms with Crippen molar-refractivity contribution in [2.45, 2.75) is 25.9 Å². The van der Waals surface area contributed by atoms with Crippen LogP contribution < -0.4 is 11.1 Å². The Kier molecular flexibility index (Phi) is 4.79. The number of carbonyl (C=O) groups excluding carboxylic acids is 1. The van der Waals surface area contributed by atoms with Crippen molar-refractivity contribution in [1.82, 2.24) is 5.32 Å². The fraction of sp³-hybridized carbons (Fsp3) is 0.417. The lowest BCUT2D eigenvalue weighted by Gasteiger charge is -2.10. The smallest absolute Gasteiger partial charge is 0.251 e. The number of nitrogens with one attached hydrogen (secondary N) is 1. The van der Waals surface area contributed by atoms with Crippen molar-refractivity contribution in [2.75, 3.05) is 12.3 Å². The number of amides is 1. The molecule has 4 N–H and O–H groups in total. The molecule has 0 saturated heterocycles. The third-order valence-corrected chi connectivity index (χ3v) is 2.27. The van der Waals surface area contributed by atoms with Crippen LogP contribution in [0.3, 0.4) is 0 Å². The second kappa shape index (κ2) is 6.12. The Labute approximate surface area is 95.5 Å². The summed E-state index contributed by atoms with van der Waals surface area (Å²) in [6.07, 6.45) is 1.11. The summed E-state index contributed by atoms with van der Waals surface area (Å²) in [7, 11) is 0. The van der Waals surface area contributed by atoms with E-state index < -0.39 is 6.10 Å². The molecule has 0 aliphatic heterocycles. The van der Waals surface area contributed by atoms with Gasteiger partial charge in [-0.2, -0.15) is 0 Å². The molecule has 0 aliphatic carbocycles. The molecule has 1 atom stereocenters. The summed E-state index contributed by atoms with van der Waals surface area (Å²) in [4.78, 5) is 11.6. The third-order valence-electron chi connectivity index (χ3n) is 2.27. The first kappa shape index (κ1) is 12.5. The molecule has 1 aromatic carbocycles. The Morgan fingerprint density at radius 2 is 2.31 bits per heavy atom. The lowest BCUT2D eigenvalue weighted by molar-refractivity contribution is 0.0910. The van der Waals surface area contributed by atoms with Gasteiger partial charge in [0.1, 0.15) is 0 Å². The number of rotatable bonds is 5. The molecule has 1 amide bonds. The molecular weight excluding hydrogens is 204 g/mol. The number of nitrogen functional groups attached to an aromatic ring is 1. The van der Waals surface area contributed by atoms with Crippen molar-refractivity contribution in [2.24, 2.45) is 0 Å². The highest BCUT2D eigenvalue weighted by Gasteiger charge is 2.08. The molecule has 0 spiro atoms. The van der Waals surface area contributed by atoms with E-state index in [-0.39, 0.29) is 12.5 Å². The van der Waals surface area contributed by atoms with E-state index in [1.165, 1.54) is 0 Å². The summed E-state index contributed by atoms with van der Waals surface area (Å²) in [5.41, 5.74) is 6.65. The van der Waals surface area contributed by atoms with Gasteiger partial charge in [0.2, 0.25) is 0 Å². The number of hydrogen-bond acceptors (Lipinski definition) is 3. The molecule has 88 valence electrons. The zero-order valence-corrected chi connectivity index (χ0v) is 9.44. The van der Waals surface area contributed by atoms with E-state index in [2.05, 4.69) is 5.32 Å². The zero-order valence-electron chi connectivity index (χ0n) is 9.44. The van der Waals surface area contributed by atoms with Crippen LogP contribution in [0.25, 0.3) is 0 Å². The summed E-state index contributed by atoms with van der Waals surface area (Å²) in [6, 6.07) is 6.76. The van der Waals surface area contributed by atoms with Crippen LogP contribution in [-0.2, 0) is 0 Å². The van der Waals surface area contributed by atoms with Crippen molar-refractivity contribution >= 4 is 11.6 Å². The van der Waals surface area contributed by atoms with Gasteiger partial charge in [-0.15, -0.1) is 0 Å². The minimum atomic E-state index is -0.477. The quantitative estimate of drug-likeness (QED) is 0.654. The molecule has 0 radical (unpaired) electrons. The standard InChI is InChI=1S/C12H18N2O2/c1-2-4-11(15)8-14-12(16)9-5-3-6-10(13)7-9/h3,5-7,11,15H,2,4,8,13H2,1H3,(H,14,16). The maximum atomic E-state index is 11.6. The molecule has 0 saturated carbocycles. The average Bonchev–Trinajstić information content (AvgIpc) is 2.26. The summed E-state index contributed by atoms with van der Waals surface area (Å²) >= 11 is 0. The minimum absolute atomic E-state index is 0.206. The summed E-state index contributed by atoms with van der Waals surface area (Å²) in [5.74, 6) is -0.206. The van der Waals surface area contributed by atoms with Crippen LogP contribution in [0.5, 0.6) is 0 Å². The molecule has 1 unspecified atom stereocenters. The molecule has 0 bridgehead atoms. The Hall–Kier alpha value is -1.55. The maximum absolute atomic E-state index is 11.6. The van der Waals surface area contributed by atoms with Gasteiger partial charge >= 0.3 is 0 Å². The van der Waals surface area contributed by atoms with E-state index in [4.69, 9.17) is 5.73 Å². The number of aliphatic hydroxyl groups excluding tert-OH is 1. The van der Waals surface area contributed by atoms with Crippen LogP contribution in [0.15, 0.2) is 24.3 Å². The fourth-order valence-corrected chi connectivity index (χ4v) is 1.43. The van der Waals surface area contributed by atoms with Gasteiger partial charge in [0.15, 0.2) is 0 Å². The van der Waals surface area contributed by atoms with E-state index in [1.54, 1.807) is 24.3 Å². The van der Waals surface area contributed by atoms with Gasteiger partial charge in [-0.05, 0) is 24.6 Å². The first-order valence-corrected chi connectivity index (χ1v) is 5.45. The molecule has 16 heavy (non-hydrogen) atoms. The van der Waals surface area contributed by atoms with Crippen molar-refractivity contribution < 1.29 is 9.90 Å². The SMILES string of the molecule is CCCC(O)CNC(=O)c1cccc(N)c1. The fourth-order valence-electron chi connectivity index (χ4n) is 1.43. The molecular formula is C12H18N2O2.